The summed E-state index contributed by atoms with van der Waals surface area (Å²) >= 11 is 6.76. The number of benzene rings is 2. The molecule has 3 heterocycles. The Morgan fingerprint density at radius 2 is 1.86 bits per heavy atom. The first-order valence-corrected chi connectivity index (χ1v) is 12.0. The van der Waals surface area contributed by atoms with Crippen LogP contribution in [0.15, 0.2) is 69.8 Å². The number of nitrogens with one attached hydrogen (secondary N) is 2. The van der Waals surface area contributed by atoms with Gasteiger partial charge in [0.2, 0.25) is 23.4 Å². The van der Waals surface area contributed by atoms with E-state index in [4.69, 9.17) is 20.6 Å². The van der Waals surface area contributed by atoms with Gasteiger partial charge in [0, 0.05) is 30.6 Å². The summed E-state index contributed by atoms with van der Waals surface area (Å²) in [5, 5.41) is 14.7. The smallest absolute Gasteiger partial charge is 0.290 e. The summed E-state index contributed by atoms with van der Waals surface area (Å²) < 4.78 is 12.1. The molecule has 37 heavy (non-hydrogen) atoms. The third kappa shape index (κ3) is 4.15. The minimum atomic E-state index is -0.914. The molecule has 0 saturated heterocycles. The minimum Gasteiger partial charge on any atom is -0.351 e. The van der Waals surface area contributed by atoms with E-state index in [0.717, 1.165) is 22.2 Å². The Morgan fingerprint density at radius 3 is 2.54 bits per heavy atom. The second-order valence-corrected chi connectivity index (χ2v) is 9.29. The fourth-order valence-electron chi connectivity index (χ4n) is 4.32. The molecule has 1 saturated carbocycles. The molecule has 6 rings (SSSR count). The van der Waals surface area contributed by atoms with Crippen molar-refractivity contribution in [3.05, 3.63) is 83.0 Å². The zero-order valence-corrected chi connectivity index (χ0v) is 20.5. The van der Waals surface area contributed by atoms with Crippen molar-refractivity contribution in [1.82, 2.24) is 30.5 Å². The lowest BCUT2D eigenvalue weighted by molar-refractivity contribution is -0.124. The molecule has 0 bridgehead atoms. The fraction of sp³-hybridized carbons (Fsp3) is 0.192. The molecule has 2 N–H and O–H groups in total. The van der Waals surface area contributed by atoms with E-state index < -0.39 is 11.4 Å². The summed E-state index contributed by atoms with van der Waals surface area (Å²) in [6.07, 6.45) is 2.52. The van der Waals surface area contributed by atoms with Crippen molar-refractivity contribution >= 4 is 34.3 Å². The molecule has 5 aromatic rings. The number of nitrogens with zero attached hydrogens (tertiary/aromatic N) is 4. The van der Waals surface area contributed by atoms with Crippen LogP contribution in [0.25, 0.3) is 28.1 Å². The van der Waals surface area contributed by atoms with Gasteiger partial charge < -0.3 is 24.2 Å². The van der Waals surface area contributed by atoms with Crippen LogP contribution in [0.2, 0.25) is 5.02 Å². The second-order valence-electron chi connectivity index (χ2n) is 8.91. The summed E-state index contributed by atoms with van der Waals surface area (Å²) in [6.45, 7) is 2.04. The SMILES string of the molecule is Cc1nc(-c2c(Cl)c3ccccc3n2-c2ccc(CNC(=O)C3(NC(=O)c4ccno4)CC3)cc2)no1. The van der Waals surface area contributed by atoms with Gasteiger partial charge in [-0.05, 0) is 36.6 Å². The predicted octanol–water partition coefficient (Wildman–Crippen LogP) is 4.21. The Kier molecular flexibility index (Phi) is 5.53. The normalized spacial score (nSPS) is 14.0. The van der Waals surface area contributed by atoms with Crippen molar-refractivity contribution in [2.24, 2.45) is 0 Å². The van der Waals surface area contributed by atoms with Crippen LogP contribution in [0, 0.1) is 6.92 Å². The molecule has 0 atom stereocenters. The second kappa shape index (κ2) is 8.90. The number of hydrogen-bond donors (Lipinski definition) is 2. The number of rotatable bonds is 7. The third-order valence-corrected chi connectivity index (χ3v) is 6.78. The van der Waals surface area contributed by atoms with Gasteiger partial charge in [-0.2, -0.15) is 4.98 Å². The van der Waals surface area contributed by atoms with Crippen molar-refractivity contribution in [3.8, 4) is 17.2 Å². The zero-order valence-electron chi connectivity index (χ0n) is 19.7. The number of amides is 2. The van der Waals surface area contributed by atoms with Gasteiger partial charge in [0.15, 0.2) is 0 Å². The number of halogens is 1. The lowest BCUT2D eigenvalue weighted by Gasteiger charge is -2.16. The van der Waals surface area contributed by atoms with Crippen LogP contribution in [0.4, 0.5) is 0 Å². The number of aryl methyl sites for hydroxylation is 1. The number of carbonyl (C=O) groups is 2. The van der Waals surface area contributed by atoms with Crippen molar-refractivity contribution in [3.63, 3.8) is 0 Å². The van der Waals surface area contributed by atoms with Crippen molar-refractivity contribution in [2.45, 2.75) is 31.8 Å². The Hall–Kier alpha value is -4.44. The lowest BCUT2D eigenvalue weighted by atomic mass is 10.1. The number of fused-ring (bicyclic) bond motifs is 1. The van der Waals surface area contributed by atoms with E-state index in [1.807, 2.05) is 53.1 Å². The topological polar surface area (TPSA) is 128 Å². The standard InChI is InChI=1S/C26H21ClN6O4/c1-15-30-23(32-36-15)22-21(27)18-4-2-3-5-19(18)33(22)17-8-6-16(7-9-17)14-28-25(35)26(11-12-26)31-24(34)20-10-13-29-37-20/h2-10,13H,11-12,14H2,1H3,(H,28,35)(H,31,34). The van der Waals surface area contributed by atoms with Gasteiger partial charge in [-0.1, -0.05) is 52.2 Å². The van der Waals surface area contributed by atoms with Crippen LogP contribution in [0.3, 0.4) is 0 Å². The van der Waals surface area contributed by atoms with Crippen molar-refractivity contribution in [2.75, 3.05) is 0 Å². The highest BCUT2D eigenvalue weighted by atomic mass is 35.5. The minimum absolute atomic E-state index is 0.0719. The maximum absolute atomic E-state index is 12.8. The van der Waals surface area contributed by atoms with Gasteiger partial charge >= 0.3 is 0 Å². The highest BCUT2D eigenvalue weighted by Gasteiger charge is 2.51. The Labute approximate surface area is 215 Å². The van der Waals surface area contributed by atoms with Gasteiger partial charge in [-0.25, -0.2) is 0 Å². The molecule has 11 heteroatoms. The van der Waals surface area contributed by atoms with E-state index >= 15 is 0 Å². The number of aromatic nitrogens is 4. The summed E-state index contributed by atoms with van der Waals surface area (Å²) in [5.41, 5.74) is 2.38. The molecule has 0 aliphatic heterocycles. The van der Waals surface area contributed by atoms with Gasteiger partial charge in [0.05, 0.1) is 16.7 Å². The zero-order chi connectivity index (χ0) is 25.6. The van der Waals surface area contributed by atoms with Crippen LogP contribution in [-0.2, 0) is 11.3 Å². The monoisotopic (exact) mass is 516 g/mol. The first-order valence-electron chi connectivity index (χ1n) is 11.7. The fourth-order valence-corrected chi connectivity index (χ4v) is 4.65. The average Bonchev–Trinajstić information content (AvgIpc) is 3.25. The van der Waals surface area contributed by atoms with Crippen molar-refractivity contribution < 1.29 is 18.6 Å². The molecule has 2 amide bonds. The van der Waals surface area contributed by atoms with E-state index in [0.29, 0.717) is 41.8 Å². The molecule has 0 unspecified atom stereocenters. The summed E-state index contributed by atoms with van der Waals surface area (Å²) in [5.74, 6) is 0.223. The highest BCUT2D eigenvalue weighted by Crippen LogP contribution is 2.39. The molecule has 1 aliphatic carbocycles. The first-order chi connectivity index (χ1) is 17.9. The van der Waals surface area contributed by atoms with Crippen LogP contribution in [0.1, 0.15) is 34.9 Å². The molecule has 1 fully saturated rings. The maximum atomic E-state index is 12.8. The molecule has 0 radical (unpaired) electrons. The van der Waals surface area contributed by atoms with Gasteiger partial charge in [0.1, 0.15) is 11.2 Å². The van der Waals surface area contributed by atoms with E-state index in [9.17, 15) is 9.59 Å². The molecule has 2 aromatic carbocycles. The van der Waals surface area contributed by atoms with E-state index in [2.05, 4.69) is 25.9 Å². The Bertz CT molecular complexity index is 1620. The third-order valence-electron chi connectivity index (χ3n) is 6.40. The maximum Gasteiger partial charge on any atom is 0.290 e. The average molecular weight is 517 g/mol. The summed E-state index contributed by atoms with van der Waals surface area (Å²) in [7, 11) is 0. The Morgan fingerprint density at radius 1 is 1.08 bits per heavy atom. The highest BCUT2D eigenvalue weighted by molar-refractivity contribution is 6.38. The van der Waals surface area contributed by atoms with Gasteiger partial charge in [-0.15, -0.1) is 0 Å². The van der Waals surface area contributed by atoms with E-state index in [1.54, 1.807) is 6.92 Å². The quantitative estimate of drug-likeness (QED) is 0.331. The molecule has 10 nitrogen and oxygen atoms in total. The predicted molar refractivity (Wildman–Crippen MR) is 134 cm³/mol. The lowest BCUT2D eigenvalue weighted by Crippen LogP contribution is -2.48. The first kappa shape index (κ1) is 23.0. The molecule has 1 aliphatic rings. The molecule has 0 spiro atoms. The molecule has 3 aromatic heterocycles. The molecule has 186 valence electrons. The van der Waals surface area contributed by atoms with Crippen LogP contribution in [-0.4, -0.2) is 37.2 Å². The number of para-hydroxylation sites is 1. The van der Waals surface area contributed by atoms with Crippen LogP contribution < -0.4 is 10.6 Å². The van der Waals surface area contributed by atoms with E-state index in [-0.39, 0.29) is 11.7 Å². The Balaban J connectivity index is 1.21. The van der Waals surface area contributed by atoms with Gasteiger partial charge in [-0.3, -0.25) is 9.59 Å². The van der Waals surface area contributed by atoms with E-state index in [1.165, 1.54) is 12.3 Å². The van der Waals surface area contributed by atoms with Crippen LogP contribution >= 0.6 is 11.6 Å². The van der Waals surface area contributed by atoms with Crippen molar-refractivity contribution in [1.29, 1.82) is 0 Å². The number of hydrogen-bond acceptors (Lipinski definition) is 7. The summed E-state index contributed by atoms with van der Waals surface area (Å²) in [6, 6.07) is 17.0. The largest absolute Gasteiger partial charge is 0.351 e. The van der Waals surface area contributed by atoms with Gasteiger partial charge in [0.25, 0.3) is 5.91 Å². The summed E-state index contributed by atoms with van der Waals surface area (Å²) in [4.78, 5) is 29.5. The molecular formula is C26H21ClN6O4. The molecular weight excluding hydrogens is 496 g/mol. The van der Waals surface area contributed by atoms with Crippen LogP contribution in [0.5, 0.6) is 0 Å². The number of carbonyl (C=O) groups excluding carboxylic acids is 2.